The number of esters is 1. The Morgan fingerprint density at radius 1 is 1.04 bits per heavy atom. The molecule has 1 aromatic carbocycles. The van der Waals surface area contributed by atoms with Gasteiger partial charge in [-0.05, 0) is 36.9 Å². The third-order valence-electron chi connectivity index (χ3n) is 4.36. The normalized spacial score (nSPS) is 15.6. The monoisotopic (exact) mass is 377 g/mol. The van der Waals surface area contributed by atoms with Crippen molar-refractivity contribution in [1.82, 2.24) is 0 Å². The SMILES string of the molecule is CC(C)[C@H](C(=O)C(C)(O[Si](C)C)C(=O)OCc1ccccc1)C(C)(C)C. The quantitative estimate of drug-likeness (QED) is 0.376. The summed E-state index contributed by atoms with van der Waals surface area (Å²) in [5.41, 5.74) is -0.968. The summed E-state index contributed by atoms with van der Waals surface area (Å²) in [5, 5.41) is 0. The molecule has 0 amide bonds. The smallest absolute Gasteiger partial charge is 0.345 e. The fourth-order valence-corrected chi connectivity index (χ4v) is 4.45. The molecule has 0 saturated heterocycles. The van der Waals surface area contributed by atoms with E-state index < -0.39 is 20.6 Å². The predicted octanol–water partition coefficient (Wildman–Crippen LogP) is 4.64. The van der Waals surface area contributed by atoms with Crippen molar-refractivity contribution in [2.75, 3.05) is 0 Å². The van der Waals surface area contributed by atoms with E-state index in [1.54, 1.807) is 6.92 Å². The van der Waals surface area contributed by atoms with Crippen LogP contribution in [0.25, 0.3) is 0 Å². The Kier molecular flexibility index (Phi) is 7.78. The number of carbonyl (C=O) groups excluding carboxylic acids is 2. The lowest BCUT2D eigenvalue weighted by atomic mass is 9.68. The van der Waals surface area contributed by atoms with Crippen molar-refractivity contribution >= 4 is 20.8 Å². The van der Waals surface area contributed by atoms with E-state index in [9.17, 15) is 9.59 Å². The van der Waals surface area contributed by atoms with E-state index in [0.29, 0.717) is 0 Å². The number of ether oxygens (including phenoxy) is 1. The molecule has 0 heterocycles. The second-order valence-electron chi connectivity index (χ2n) is 8.56. The number of carbonyl (C=O) groups is 2. The molecule has 0 spiro atoms. The van der Waals surface area contributed by atoms with Crippen molar-refractivity contribution in [3.63, 3.8) is 0 Å². The van der Waals surface area contributed by atoms with Crippen LogP contribution in [0.1, 0.15) is 47.1 Å². The van der Waals surface area contributed by atoms with E-state index in [4.69, 9.17) is 9.16 Å². The third-order valence-corrected chi connectivity index (χ3v) is 5.18. The molecular formula is C21H33O4Si. The Labute approximate surface area is 160 Å². The molecule has 145 valence electrons. The maximum absolute atomic E-state index is 13.4. The van der Waals surface area contributed by atoms with Crippen LogP contribution in [0.3, 0.4) is 0 Å². The Bertz CT molecular complexity index is 604. The van der Waals surface area contributed by atoms with Gasteiger partial charge in [0.1, 0.15) is 6.61 Å². The van der Waals surface area contributed by atoms with Crippen molar-refractivity contribution in [3.05, 3.63) is 35.9 Å². The minimum Gasteiger partial charge on any atom is -0.458 e. The summed E-state index contributed by atoms with van der Waals surface area (Å²) in [7, 11) is -1.29. The number of ketones is 1. The highest BCUT2D eigenvalue weighted by Crippen LogP contribution is 2.37. The van der Waals surface area contributed by atoms with Crippen molar-refractivity contribution in [1.29, 1.82) is 0 Å². The van der Waals surface area contributed by atoms with Crippen LogP contribution < -0.4 is 0 Å². The van der Waals surface area contributed by atoms with Crippen LogP contribution in [-0.2, 0) is 25.4 Å². The molecule has 26 heavy (non-hydrogen) atoms. The summed E-state index contributed by atoms with van der Waals surface area (Å²) in [4.78, 5) is 26.3. The van der Waals surface area contributed by atoms with Crippen molar-refractivity contribution in [2.24, 2.45) is 17.3 Å². The van der Waals surface area contributed by atoms with Gasteiger partial charge in [-0.15, -0.1) is 0 Å². The molecule has 1 unspecified atom stereocenters. The molecule has 2 atom stereocenters. The van der Waals surface area contributed by atoms with Gasteiger partial charge in [0.05, 0.1) is 0 Å². The summed E-state index contributed by atoms with van der Waals surface area (Å²) in [6, 6.07) is 9.44. The lowest BCUT2D eigenvalue weighted by Crippen LogP contribution is -2.55. The van der Waals surface area contributed by atoms with Gasteiger partial charge < -0.3 is 9.16 Å². The first-order valence-electron chi connectivity index (χ1n) is 9.14. The Morgan fingerprint density at radius 2 is 1.58 bits per heavy atom. The number of Topliss-reactive ketones (excluding diaryl/α,β-unsaturated/α-hetero) is 1. The standard InChI is InChI=1S/C21H33O4Si/c1-15(2)17(20(3,4)5)18(22)21(6,25-26(7)8)19(23)24-14-16-12-10-9-11-13-16/h9-13,15,17H,14H2,1-8H3/t17-,21?/m1/s1. The summed E-state index contributed by atoms with van der Waals surface area (Å²) in [6.07, 6.45) is 0. The highest BCUT2D eigenvalue weighted by molar-refractivity contribution is 6.49. The first-order valence-corrected chi connectivity index (χ1v) is 11.5. The van der Waals surface area contributed by atoms with Gasteiger partial charge in [0.2, 0.25) is 14.6 Å². The predicted molar refractivity (Wildman–Crippen MR) is 106 cm³/mol. The molecule has 1 aromatic rings. The summed E-state index contributed by atoms with van der Waals surface area (Å²) in [5.74, 6) is -1.01. The molecule has 0 aliphatic heterocycles. The van der Waals surface area contributed by atoms with Gasteiger partial charge in [-0.3, -0.25) is 4.79 Å². The van der Waals surface area contributed by atoms with E-state index in [2.05, 4.69) is 0 Å². The average Bonchev–Trinajstić information content (AvgIpc) is 2.50. The second-order valence-corrected chi connectivity index (χ2v) is 10.6. The number of benzene rings is 1. The average molecular weight is 378 g/mol. The fraction of sp³-hybridized carbons (Fsp3) is 0.619. The molecule has 0 fully saturated rings. The molecule has 1 rings (SSSR count). The van der Waals surface area contributed by atoms with Crippen LogP contribution in [0, 0.1) is 17.3 Å². The van der Waals surface area contributed by atoms with Gasteiger partial charge >= 0.3 is 5.97 Å². The van der Waals surface area contributed by atoms with Crippen LogP contribution in [0.4, 0.5) is 0 Å². The molecule has 0 N–H and O–H groups in total. The maximum atomic E-state index is 13.4. The first kappa shape index (κ1) is 22.6. The van der Waals surface area contributed by atoms with Gasteiger partial charge in [-0.25, -0.2) is 4.79 Å². The highest BCUT2D eigenvalue weighted by atomic mass is 28.3. The van der Waals surface area contributed by atoms with E-state index in [-0.39, 0.29) is 29.6 Å². The molecule has 0 saturated carbocycles. The number of hydrogen-bond donors (Lipinski definition) is 0. The van der Waals surface area contributed by atoms with E-state index >= 15 is 0 Å². The van der Waals surface area contributed by atoms with E-state index in [0.717, 1.165) is 5.56 Å². The summed E-state index contributed by atoms with van der Waals surface area (Å²) >= 11 is 0. The molecule has 0 aromatic heterocycles. The van der Waals surface area contributed by atoms with Crippen molar-refractivity contribution < 1.29 is 18.8 Å². The van der Waals surface area contributed by atoms with Crippen LogP contribution >= 0.6 is 0 Å². The Hall–Kier alpha value is -1.46. The lowest BCUT2D eigenvalue weighted by molar-refractivity contribution is -0.170. The molecule has 0 aliphatic rings. The van der Waals surface area contributed by atoms with E-state index in [1.807, 2.05) is 78.0 Å². The van der Waals surface area contributed by atoms with Crippen LogP contribution in [0.2, 0.25) is 13.1 Å². The van der Waals surface area contributed by atoms with Crippen LogP contribution in [0.5, 0.6) is 0 Å². The van der Waals surface area contributed by atoms with Crippen LogP contribution in [-0.4, -0.2) is 26.4 Å². The fourth-order valence-electron chi connectivity index (χ4n) is 3.45. The Morgan fingerprint density at radius 3 is 2.00 bits per heavy atom. The molecule has 1 radical (unpaired) electrons. The zero-order valence-corrected chi connectivity index (χ0v) is 18.4. The van der Waals surface area contributed by atoms with Crippen molar-refractivity contribution in [3.8, 4) is 0 Å². The number of rotatable bonds is 8. The topological polar surface area (TPSA) is 52.6 Å². The minimum absolute atomic E-state index is 0.0942. The highest BCUT2D eigenvalue weighted by Gasteiger charge is 2.50. The van der Waals surface area contributed by atoms with Gasteiger partial charge in [0, 0.05) is 5.92 Å². The van der Waals surface area contributed by atoms with Crippen LogP contribution in [0.15, 0.2) is 30.3 Å². The molecule has 4 nitrogen and oxygen atoms in total. The van der Waals surface area contributed by atoms with Gasteiger partial charge in [0.25, 0.3) is 0 Å². The Balaban J connectivity index is 3.11. The zero-order chi connectivity index (χ0) is 20.1. The number of hydrogen-bond acceptors (Lipinski definition) is 4. The zero-order valence-electron chi connectivity index (χ0n) is 17.4. The van der Waals surface area contributed by atoms with Gasteiger partial charge in [-0.1, -0.05) is 65.0 Å². The first-order chi connectivity index (χ1) is 11.9. The second kappa shape index (κ2) is 8.96. The molecular weight excluding hydrogens is 344 g/mol. The van der Waals surface area contributed by atoms with Crippen molar-refractivity contribution in [2.45, 2.75) is 66.8 Å². The minimum atomic E-state index is -1.57. The van der Waals surface area contributed by atoms with E-state index in [1.165, 1.54) is 0 Å². The lowest BCUT2D eigenvalue weighted by Gasteiger charge is -2.39. The largest absolute Gasteiger partial charge is 0.458 e. The third kappa shape index (κ3) is 5.78. The maximum Gasteiger partial charge on any atom is 0.345 e. The molecule has 5 heteroatoms. The summed E-state index contributed by atoms with van der Waals surface area (Å²) < 4.78 is 11.4. The molecule has 0 aliphatic carbocycles. The van der Waals surface area contributed by atoms with Gasteiger partial charge in [0.15, 0.2) is 5.78 Å². The van der Waals surface area contributed by atoms with Gasteiger partial charge in [-0.2, -0.15) is 0 Å². The molecule has 0 bridgehead atoms. The summed E-state index contributed by atoms with van der Waals surface area (Å²) in [6.45, 7) is 15.6.